The molecule has 0 spiro atoms. The van der Waals surface area contributed by atoms with Gasteiger partial charge >= 0.3 is 0 Å². The monoisotopic (exact) mass is 428 g/mol. The summed E-state index contributed by atoms with van der Waals surface area (Å²) in [4.78, 5) is 27.4. The van der Waals surface area contributed by atoms with Gasteiger partial charge in [0, 0.05) is 57.5 Å². The molecule has 1 aromatic carbocycles. The van der Waals surface area contributed by atoms with Crippen molar-refractivity contribution < 1.29 is 19.1 Å². The molecular weight excluding hydrogens is 396 g/mol. The summed E-state index contributed by atoms with van der Waals surface area (Å²) >= 11 is 0. The average Bonchev–Trinajstić information content (AvgIpc) is 3.52. The van der Waals surface area contributed by atoms with Gasteiger partial charge in [-0.15, -0.1) is 0 Å². The summed E-state index contributed by atoms with van der Waals surface area (Å²) in [5.41, 5.74) is 1.96. The van der Waals surface area contributed by atoms with Crippen LogP contribution < -0.4 is 5.32 Å². The Balaban J connectivity index is 1.23. The van der Waals surface area contributed by atoms with Crippen LogP contribution in [-0.2, 0) is 19.1 Å². The molecule has 0 saturated carbocycles. The summed E-state index contributed by atoms with van der Waals surface area (Å²) < 4.78 is 11.1. The van der Waals surface area contributed by atoms with E-state index in [1.54, 1.807) is 0 Å². The first-order chi connectivity index (χ1) is 15.2. The van der Waals surface area contributed by atoms with Gasteiger partial charge in [-0.3, -0.25) is 14.5 Å². The lowest BCUT2D eigenvalue weighted by Crippen LogP contribution is -2.52. The van der Waals surface area contributed by atoms with E-state index in [0.29, 0.717) is 19.0 Å². The van der Waals surface area contributed by atoms with Crippen LogP contribution in [0.25, 0.3) is 0 Å². The SMILES string of the molecule is O=C(CCC(=O)N1CCC(c2ccccc2)=N1)NCC(C1CCOC1)N1CCOCC1. The fraction of sp³-hybridized carbons (Fsp3) is 0.609. The summed E-state index contributed by atoms with van der Waals surface area (Å²) in [6.45, 7) is 5.91. The molecule has 0 aromatic heterocycles. The van der Waals surface area contributed by atoms with E-state index in [4.69, 9.17) is 9.47 Å². The fourth-order valence-electron chi connectivity index (χ4n) is 4.49. The lowest BCUT2D eigenvalue weighted by molar-refractivity contribution is -0.133. The Bertz CT molecular complexity index is 773. The number of hydrogen-bond donors (Lipinski definition) is 1. The predicted octanol–water partition coefficient (Wildman–Crippen LogP) is 1.26. The molecule has 3 aliphatic rings. The molecule has 0 aliphatic carbocycles. The van der Waals surface area contributed by atoms with E-state index in [2.05, 4.69) is 15.3 Å². The van der Waals surface area contributed by atoms with Crippen LogP contribution in [0.2, 0.25) is 0 Å². The van der Waals surface area contributed by atoms with Gasteiger partial charge in [0.2, 0.25) is 11.8 Å². The van der Waals surface area contributed by atoms with Crippen LogP contribution in [0.15, 0.2) is 35.4 Å². The Morgan fingerprint density at radius 3 is 2.61 bits per heavy atom. The van der Waals surface area contributed by atoms with Crippen LogP contribution in [0, 0.1) is 5.92 Å². The van der Waals surface area contributed by atoms with Gasteiger partial charge in [-0.2, -0.15) is 5.10 Å². The zero-order chi connectivity index (χ0) is 21.5. The molecule has 3 aliphatic heterocycles. The Morgan fingerprint density at radius 2 is 1.87 bits per heavy atom. The van der Waals surface area contributed by atoms with Crippen LogP contribution in [0.5, 0.6) is 0 Å². The van der Waals surface area contributed by atoms with Crippen molar-refractivity contribution in [2.24, 2.45) is 11.0 Å². The number of hydrazone groups is 1. The van der Waals surface area contributed by atoms with Crippen molar-refractivity contribution >= 4 is 17.5 Å². The van der Waals surface area contributed by atoms with Crippen LogP contribution in [0.4, 0.5) is 0 Å². The van der Waals surface area contributed by atoms with Crippen molar-refractivity contribution in [2.45, 2.75) is 31.7 Å². The third kappa shape index (κ3) is 5.90. The van der Waals surface area contributed by atoms with Crippen molar-refractivity contribution in [3.05, 3.63) is 35.9 Å². The highest BCUT2D eigenvalue weighted by Crippen LogP contribution is 2.22. The summed E-state index contributed by atoms with van der Waals surface area (Å²) in [7, 11) is 0. The van der Waals surface area contributed by atoms with E-state index in [0.717, 1.165) is 63.6 Å². The van der Waals surface area contributed by atoms with Crippen molar-refractivity contribution in [1.29, 1.82) is 0 Å². The molecule has 1 N–H and O–H groups in total. The quantitative estimate of drug-likeness (QED) is 0.674. The second kappa shape index (κ2) is 10.8. The zero-order valence-electron chi connectivity index (χ0n) is 18.0. The second-order valence-electron chi connectivity index (χ2n) is 8.32. The highest BCUT2D eigenvalue weighted by Gasteiger charge is 2.32. The standard InChI is InChI=1S/C23H32N4O4/c28-22(24-16-21(19-9-13-31-17-19)26-11-14-30-15-12-26)6-7-23(29)27-10-8-20(25-27)18-4-2-1-3-5-18/h1-5,19,21H,6-17H2,(H,24,28). The fourth-order valence-corrected chi connectivity index (χ4v) is 4.49. The maximum absolute atomic E-state index is 12.5. The van der Waals surface area contributed by atoms with Crippen LogP contribution in [0.1, 0.15) is 31.2 Å². The van der Waals surface area contributed by atoms with E-state index in [1.807, 2.05) is 30.3 Å². The maximum atomic E-state index is 12.5. The summed E-state index contributed by atoms with van der Waals surface area (Å²) in [6.07, 6.45) is 2.12. The molecule has 8 nitrogen and oxygen atoms in total. The third-order valence-electron chi connectivity index (χ3n) is 6.29. The molecule has 8 heteroatoms. The molecule has 4 rings (SSSR count). The minimum absolute atomic E-state index is 0.0861. The summed E-state index contributed by atoms with van der Waals surface area (Å²) in [5, 5.41) is 9.02. The summed E-state index contributed by atoms with van der Waals surface area (Å²) in [5.74, 6) is 0.238. The predicted molar refractivity (Wildman–Crippen MR) is 117 cm³/mol. The molecule has 168 valence electrons. The molecule has 2 amide bonds. The van der Waals surface area contributed by atoms with Crippen LogP contribution in [-0.4, -0.2) is 86.1 Å². The highest BCUT2D eigenvalue weighted by molar-refractivity contribution is 6.02. The van der Waals surface area contributed by atoms with Gasteiger partial charge in [0.1, 0.15) is 0 Å². The van der Waals surface area contributed by atoms with E-state index < -0.39 is 0 Å². The molecule has 31 heavy (non-hydrogen) atoms. The Kier molecular flexibility index (Phi) is 7.66. The average molecular weight is 429 g/mol. The topological polar surface area (TPSA) is 83.5 Å². The minimum atomic E-state index is -0.102. The molecule has 2 fully saturated rings. The number of nitrogens with one attached hydrogen (secondary N) is 1. The van der Waals surface area contributed by atoms with Crippen molar-refractivity contribution in [1.82, 2.24) is 15.2 Å². The minimum Gasteiger partial charge on any atom is -0.381 e. The number of carbonyl (C=O) groups excluding carboxylic acids is 2. The number of amides is 2. The van der Waals surface area contributed by atoms with Crippen molar-refractivity contribution in [3.63, 3.8) is 0 Å². The molecule has 2 unspecified atom stereocenters. The number of hydrogen-bond acceptors (Lipinski definition) is 6. The van der Waals surface area contributed by atoms with E-state index in [9.17, 15) is 9.59 Å². The first-order valence-corrected chi connectivity index (χ1v) is 11.3. The maximum Gasteiger partial charge on any atom is 0.243 e. The van der Waals surface area contributed by atoms with E-state index in [1.165, 1.54) is 5.01 Å². The largest absolute Gasteiger partial charge is 0.381 e. The van der Waals surface area contributed by atoms with E-state index in [-0.39, 0.29) is 30.7 Å². The Hall–Kier alpha value is -2.29. The van der Waals surface area contributed by atoms with Gasteiger partial charge in [0.15, 0.2) is 0 Å². The molecule has 0 bridgehead atoms. The normalized spacial score (nSPS) is 22.9. The van der Waals surface area contributed by atoms with E-state index >= 15 is 0 Å². The number of rotatable bonds is 8. The molecule has 0 radical (unpaired) electrons. The number of morpholine rings is 1. The number of ether oxygens (including phenoxy) is 2. The van der Waals surface area contributed by atoms with Crippen LogP contribution >= 0.6 is 0 Å². The number of carbonyl (C=O) groups is 2. The van der Waals surface area contributed by atoms with Gasteiger partial charge in [0.25, 0.3) is 0 Å². The molecule has 2 saturated heterocycles. The lowest BCUT2D eigenvalue weighted by Gasteiger charge is -2.37. The first kappa shape index (κ1) is 21.9. The smallest absolute Gasteiger partial charge is 0.243 e. The molecule has 3 heterocycles. The van der Waals surface area contributed by atoms with Gasteiger partial charge in [-0.1, -0.05) is 30.3 Å². The number of benzene rings is 1. The molecular formula is C23H32N4O4. The molecule has 2 atom stereocenters. The molecule has 1 aromatic rings. The van der Waals surface area contributed by atoms with Gasteiger partial charge in [-0.25, -0.2) is 5.01 Å². The highest BCUT2D eigenvalue weighted by atomic mass is 16.5. The van der Waals surface area contributed by atoms with Crippen molar-refractivity contribution in [3.8, 4) is 0 Å². The van der Waals surface area contributed by atoms with Crippen molar-refractivity contribution in [2.75, 3.05) is 52.6 Å². The van der Waals surface area contributed by atoms with Gasteiger partial charge in [0.05, 0.1) is 32.1 Å². The lowest BCUT2D eigenvalue weighted by atomic mass is 9.97. The van der Waals surface area contributed by atoms with Crippen LogP contribution in [0.3, 0.4) is 0 Å². The summed E-state index contributed by atoms with van der Waals surface area (Å²) in [6, 6.07) is 10.1. The Morgan fingerprint density at radius 1 is 1.06 bits per heavy atom. The number of nitrogens with zero attached hydrogens (tertiary/aromatic N) is 3. The second-order valence-corrected chi connectivity index (χ2v) is 8.32. The first-order valence-electron chi connectivity index (χ1n) is 11.3. The Labute approximate surface area is 183 Å². The zero-order valence-corrected chi connectivity index (χ0v) is 18.0. The third-order valence-corrected chi connectivity index (χ3v) is 6.29. The van der Waals surface area contributed by atoms with Gasteiger partial charge < -0.3 is 14.8 Å². The van der Waals surface area contributed by atoms with Gasteiger partial charge in [-0.05, 0) is 12.0 Å².